The second-order valence-corrected chi connectivity index (χ2v) is 6.96. The third kappa shape index (κ3) is 3.10. The lowest BCUT2D eigenvalue weighted by Crippen LogP contribution is -2.75. The molecule has 0 aromatic carbocycles. The molecule has 0 heterocycles. The number of amides is 1. The molecule has 2 atom stereocenters. The number of nitrogens with zero attached hydrogens (tertiary/aromatic N) is 1. The fourth-order valence-corrected chi connectivity index (χ4v) is 3.33. The monoisotopic (exact) mass is 297 g/mol. The fourth-order valence-electron chi connectivity index (χ4n) is 3.33. The van der Waals surface area contributed by atoms with Crippen molar-refractivity contribution in [2.45, 2.75) is 64.6 Å². The minimum atomic E-state index is -0.802. The summed E-state index contributed by atoms with van der Waals surface area (Å²) in [5.74, 6) is -0.0321. The Morgan fingerprint density at radius 2 is 2.05 bits per heavy atom. The highest BCUT2D eigenvalue weighted by atomic mass is 16.5. The zero-order valence-corrected chi connectivity index (χ0v) is 13.9. The number of carbonyl (C=O) groups excluding carboxylic acids is 1. The van der Waals surface area contributed by atoms with Crippen molar-refractivity contribution in [2.24, 2.45) is 11.1 Å². The van der Waals surface area contributed by atoms with Crippen molar-refractivity contribution in [3.63, 3.8) is 0 Å². The summed E-state index contributed by atoms with van der Waals surface area (Å²) in [5, 5.41) is 3.03. The van der Waals surface area contributed by atoms with E-state index in [1.54, 1.807) is 0 Å². The molecule has 3 N–H and O–H groups in total. The number of hydrogen-bond donors (Lipinski definition) is 2. The van der Waals surface area contributed by atoms with Gasteiger partial charge in [0.15, 0.2) is 0 Å². The molecule has 0 saturated heterocycles. The molecular formula is C16H31N3O2. The van der Waals surface area contributed by atoms with Crippen LogP contribution in [0.2, 0.25) is 0 Å². The van der Waals surface area contributed by atoms with E-state index in [2.05, 4.69) is 17.1 Å². The van der Waals surface area contributed by atoms with Crippen molar-refractivity contribution in [1.82, 2.24) is 10.2 Å². The molecule has 21 heavy (non-hydrogen) atoms. The number of rotatable bonds is 8. The Hall–Kier alpha value is -0.650. The summed E-state index contributed by atoms with van der Waals surface area (Å²) in [7, 11) is 0. The van der Waals surface area contributed by atoms with Crippen LogP contribution in [0.4, 0.5) is 0 Å². The van der Waals surface area contributed by atoms with E-state index in [4.69, 9.17) is 10.5 Å². The molecule has 2 saturated carbocycles. The van der Waals surface area contributed by atoms with Crippen LogP contribution in [-0.4, -0.2) is 54.7 Å². The Kier molecular flexibility index (Phi) is 4.96. The lowest BCUT2D eigenvalue weighted by Gasteiger charge is -2.57. The molecule has 2 rings (SSSR count). The van der Waals surface area contributed by atoms with E-state index in [-0.39, 0.29) is 17.4 Å². The van der Waals surface area contributed by atoms with Crippen LogP contribution in [0.5, 0.6) is 0 Å². The minimum Gasteiger partial charge on any atom is -0.378 e. The summed E-state index contributed by atoms with van der Waals surface area (Å²) in [4.78, 5) is 14.9. The van der Waals surface area contributed by atoms with Gasteiger partial charge in [0.1, 0.15) is 5.54 Å². The molecule has 0 bridgehead atoms. The van der Waals surface area contributed by atoms with Crippen molar-refractivity contribution in [3.8, 4) is 0 Å². The average Bonchev–Trinajstić information content (AvgIpc) is 3.27. The maximum atomic E-state index is 12.5. The molecular weight excluding hydrogens is 266 g/mol. The lowest BCUT2D eigenvalue weighted by atomic mass is 9.54. The summed E-state index contributed by atoms with van der Waals surface area (Å²) in [6.45, 7) is 11.5. The zero-order chi connectivity index (χ0) is 15.7. The third-order valence-corrected chi connectivity index (χ3v) is 5.39. The second-order valence-electron chi connectivity index (χ2n) is 6.96. The Labute approximate surface area is 128 Å². The first-order chi connectivity index (χ1) is 9.86. The average molecular weight is 297 g/mol. The summed E-state index contributed by atoms with van der Waals surface area (Å²) in [6.07, 6.45) is 3.29. The molecule has 122 valence electrons. The van der Waals surface area contributed by atoms with Gasteiger partial charge >= 0.3 is 0 Å². The number of nitrogens with one attached hydrogen (secondary N) is 1. The highest BCUT2D eigenvalue weighted by Gasteiger charge is 2.62. The van der Waals surface area contributed by atoms with Gasteiger partial charge in [0, 0.05) is 37.6 Å². The quantitative estimate of drug-likeness (QED) is 0.704. The number of likely N-dealkylation sites (N-methyl/N-ethyl adjacent to an activating group) is 1. The first-order valence-electron chi connectivity index (χ1n) is 8.29. The maximum absolute atomic E-state index is 12.5. The van der Waals surface area contributed by atoms with Gasteiger partial charge in [-0.05, 0) is 26.3 Å². The smallest absolute Gasteiger partial charge is 0.240 e. The second kappa shape index (κ2) is 6.23. The highest BCUT2D eigenvalue weighted by molar-refractivity contribution is 5.88. The number of hydrogen-bond acceptors (Lipinski definition) is 4. The van der Waals surface area contributed by atoms with Crippen LogP contribution in [0.15, 0.2) is 0 Å². The Balaban J connectivity index is 1.80. The van der Waals surface area contributed by atoms with Crippen molar-refractivity contribution in [2.75, 3.05) is 26.2 Å². The predicted octanol–water partition coefficient (Wildman–Crippen LogP) is 1.12. The largest absolute Gasteiger partial charge is 0.378 e. The van der Waals surface area contributed by atoms with Gasteiger partial charge in [0.2, 0.25) is 5.91 Å². The van der Waals surface area contributed by atoms with Crippen LogP contribution in [0.3, 0.4) is 0 Å². The van der Waals surface area contributed by atoms with Gasteiger partial charge in [-0.3, -0.25) is 9.69 Å². The number of ether oxygens (including phenoxy) is 1. The van der Waals surface area contributed by atoms with Gasteiger partial charge in [0.25, 0.3) is 0 Å². The minimum absolute atomic E-state index is 0.0321. The van der Waals surface area contributed by atoms with E-state index in [1.165, 1.54) is 12.8 Å². The molecule has 1 amide bonds. The van der Waals surface area contributed by atoms with Gasteiger partial charge in [-0.25, -0.2) is 0 Å². The first-order valence-corrected chi connectivity index (χ1v) is 8.29. The van der Waals surface area contributed by atoms with E-state index in [9.17, 15) is 4.79 Å². The molecule has 2 fully saturated rings. The van der Waals surface area contributed by atoms with Crippen LogP contribution in [0, 0.1) is 5.41 Å². The SMILES string of the molecule is CCOC1CC(N)(C(=O)NCCN(CC)C2CC2)C1(C)C. The van der Waals surface area contributed by atoms with Crippen molar-refractivity contribution >= 4 is 5.91 Å². The Bertz CT molecular complexity index is 382. The van der Waals surface area contributed by atoms with Crippen molar-refractivity contribution < 1.29 is 9.53 Å². The van der Waals surface area contributed by atoms with Crippen LogP contribution in [-0.2, 0) is 9.53 Å². The van der Waals surface area contributed by atoms with Crippen LogP contribution < -0.4 is 11.1 Å². The molecule has 2 aliphatic carbocycles. The topological polar surface area (TPSA) is 67.6 Å². The molecule has 2 unspecified atom stereocenters. The molecule has 0 spiro atoms. The molecule has 0 radical (unpaired) electrons. The maximum Gasteiger partial charge on any atom is 0.240 e. The van der Waals surface area contributed by atoms with Gasteiger partial charge < -0.3 is 15.8 Å². The van der Waals surface area contributed by atoms with E-state index in [0.29, 0.717) is 19.6 Å². The van der Waals surface area contributed by atoms with E-state index >= 15 is 0 Å². The molecule has 0 aliphatic heterocycles. The summed E-state index contributed by atoms with van der Waals surface area (Å²) in [5.41, 5.74) is 5.25. The summed E-state index contributed by atoms with van der Waals surface area (Å²) < 4.78 is 5.67. The van der Waals surface area contributed by atoms with Crippen LogP contribution >= 0.6 is 0 Å². The third-order valence-electron chi connectivity index (χ3n) is 5.39. The van der Waals surface area contributed by atoms with Gasteiger partial charge in [-0.1, -0.05) is 20.8 Å². The number of nitrogens with two attached hydrogens (primary N) is 1. The van der Waals surface area contributed by atoms with Gasteiger partial charge in [-0.15, -0.1) is 0 Å². The fraction of sp³-hybridized carbons (Fsp3) is 0.938. The van der Waals surface area contributed by atoms with Crippen molar-refractivity contribution in [3.05, 3.63) is 0 Å². The summed E-state index contributed by atoms with van der Waals surface area (Å²) in [6, 6.07) is 0.737. The predicted molar refractivity (Wildman–Crippen MR) is 84.0 cm³/mol. The Morgan fingerprint density at radius 3 is 2.52 bits per heavy atom. The van der Waals surface area contributed by atoms with Crippen LogP contribution in [0.25, 0.3) is 0 Å². The first kappa shape index (κ1) is 16.7. The van der Waals surface area contributed by atoms with E-state index in [0.717, 1.165) is 19.1 Å². The normalized spacial score (nSPS) is 31.0. The highest BCUT2D eigenvalue weighted by Crippen LogP contribution is 2.49. The molecule has 2 aliphatic rings. The summed E-state index contributed by atoms with van der Waals surface area (Å²) >= 11 is 0. The van der Waals surface area contributed by atoms with E-state index < -0.39 is 5.54 Å². The zero-order valence-electron chi connectivity index (χ0n) is 13.9. The standard InChI is InChI=1S/C16H31N3O2/c1-5-19(12-7-8-12)10-9-18-14(20)16(17)11-13(21-6-2)15(16,3)4/h12-13H,5-11,17H2,1-4H3,(H,18,20). The molecule has 0 aromatic rings. The Morgan fingerprint density at radius 1 is 1.38 bits per heavy atom. The van der Waals surface area contributed by atoms with Gasteiger partial charge in [0.05, 0.1) is 6.10 Å². The van der Waals surface area contributed by atoms with E-state index in [1.807, 2.05) is 20.8 Å². The molecule has 5 nitrogen and oxygen atoms in total. The van der Waals surface area contributed by atoms with Crippen LogP contribution in [0.1, 0.15) is 47.0 Å². The number of carbonyl (C=O) groups is 1. The van der Waals surface area contributed by atoms with Crippen molar-refractivity contribution in [1.29, 1.82) is 0 Å². The lowest BCUT2D eigenvalue weighted by molar-refractivity contribution is -0.170. The van der Waals surface area contributed by atoms with Gasteiger partial charge in [-0.2, -0.15) is 0 Å². The molecule has 5 heteroatoms. The molecule has 0 aromatic heterocycles.